The zero-order valence-corrected chi connectivity index (χ0v) is 17.8. The number of sulfonamides is 1. The second-order valence-electron chi connectivity index (χ2n) is 7.26. The van der Waals surface area contributed by atoms with Gasteiger partial charge >= 0.3 is 0 Å². The van der Waals surface area contributed by atoms with Gasteiger partial charge in [-0.25, -0.2) is 8.42 Å². The van der Waals surface area contributed by atoms with E-state index in [2.05, 4.69) is 55.3 Å². The molecule has 25 heavy (non-hydrogen) atoms. The van der Waals surface area contributed by atoms with Crippen LogP contribution in [0.25, 0.3) is 0 Å². The van der Waals surface area contributed by atoms with E-state index in [0.29, 0.717) is 11.6 Å². The second kappa shape index (κ2) is 7.50. The van der Waals surface area contributed by atoms with Gasteiger partial charge in [-0.15, -0.1) is 0 Å². The predicted octanol–water partition coefficient (Wildman–Crippen LogP) is 6.06. The van der Waals surface area contributed by atoms with Crippen molar-refractivity contribution in [2.75, 3.05) is 4.72 Å². The molecule has 5 heteroatoms. The molecule has 1 N–H and O–H groups in total. The largest absolute Gasteiger partial charge is 0.278 e. The topological polar surface area (TPSA) is 46.2 Å². The summed E-state index contributed by atoms with van der Waals surface area (Å²) in [5.74, 6) is 0.386. The molecule has 0 aliphatic carbocycles. The van der Waals surface area contributed by atoms with Crippen LogP contribution in [0.2, 0.25) is 0 Å². The van der Waals surface area contributed by atoms with Gasteiger partial charge in [-0.05, 0) is 69.1 Å². The molecule has 0 aliphatic rings. The maximum atomic E-state index is 12.7. The first-order valence-electron chi connectivity index (χ1n) is 8.49. The molecule has 0 atom stereocenters. The molecule has 2 rings (SSSR count). The predicted molar refractivity (Wildman–Crippen MR) is 109 cm³/mol. The van der Waals surface area contributed by atoms with E-state index in [9.17, 15) is 8.42 Å². The Morgan fingerprint density at radius 2 is 1.68 bits per heavy atom. The summed E-state index contributed by atoms with van der Waals surface area (Å²) in [6, 6.07) is 12.8. The van der Waals surface area contributed by atoms with Crippen molar-refractivity contribution < 1.29 is 8.42 Å². The van der Waals surface area contributed by atoms with Gasteiger partial charge in [-0.2, -0.15) is 0 Å². The fourth-order valence-electron chi connectivity index (χ4n) is 2.47. The first-order valence-corrected chi connectivity index (χ1v) is 10.8. The molecule has 0 spiro atoms. The summed E-state index contributed by atoms with van der Waals surface area (Å²) in [4.78, 5) is 0.267. The van der Waals surface area contributed by atoms with Gasteiger partial charge in [-0.1, -0.05) is 52.8 Å². The van der Waals surface area contributed by atoms with Gasteiger partial charge in [-0.3, -0.25) is 4.72 Å². The Labute approximate surface area is 160 Å². The normalized spacial score (nSPS) is 12.4. The van der Waals surface area contributed by atoms with Gasteiger partial charge in [0.1, 0.15) is 0 Å². The van der Waals surface area contributed by atoms with Crippen LogP contribution in [0.4, 0.5) is 5.69 Å². The average molecular weight is 424 g/mol. The molecule has 0 saturated carbocycles. The number of benzene rings is 2. The number of hydrogen-bond donors (Lipinski definition) is 1. The van der Waals surface area contributed by atoms with Crippen molar-refractivity contribution in [3.63, 3.8) is 0 Å². The highest BCUT2D eigenvalue weighted by atomic mass is 79.9. The maximum absolute atomic E-state index is 12.7. The lowest BCUT2D eigenvalue weighted by Gasteiger charge is -2.23. The molecule has 3 nitrogen and oxygen atoms in total. The smallest absolute Gasteiger partial charge is 0.261 e. The van der Waals surface area contributed by atoms with Crippen molar-refractivity contribution in [1.29, 1.82) is 0 Å². The third-order valence-corrected chi connectivity index (χ3v) is 6.77. The van der Waals surface area contributed by atoms with E-state index < -0.39 is 10.0 Å². The summed E-state index contributed by atoms with van der Waals surface area (Å²) in [6.45, 7) is 10.6. The van der Waals surface area contributed by atoms with E-state index in [1.165, 1.54) is 0 Å². The van der Waals surface area contributed by atoms with Crippen molar-refractivity contribution in [1.82, 2.24) is 0 Å². The Morgan fingerprint density at radius 1 is 1.08 bits per heavy atom. The highest BCUT2D eigenvalue weighted by Crippen LogP contribution is 2.30. The molecule has 2 aromatic rings. The second-order valence-corrected chi connectivity index (χ2v) is 9.80. The van der Waals surface area contributed by atoms with E-state index in [-0.39, 0.29) is 10.3 Å². The number of hydrogen-bond acceptors (Lipinski definition) is 2. The Bertz CT molecular complexity index is 840. The zero-order valence-electron chi connectivity index (χ0n) is 15.4. The summed E-state index contributed by atoms with van der Waals surface area (Å²) in [5, 5.41) is 0. The third kappa shape index (κ3) is 4.64. The number of anilines is 1. The van der Waals surface area contributed by atoms with Gasteiger partial charge in [0, 0.05) is 4.47 Å². The first kappa shape index (κ1) is 20.0. The van der Waals surface area contributed by atoms with E-state index >= 15 is 0 Å². The number of halogens is 1. The summed E-state index contributed by atoms with van der Waals surface area (Å²) >= 11 is 3.46. The Balaban J connectivity index is 2.28. The SMILES string of the molecule is CCC(C)(C)c1ccc(S(=O)(=O)Nc2ccc(C(C)C)cc2Br)cc1. The molecule has 0 radical (unpaired) electrons. The van der Waals surface area contributed by atoms with Crippen molar-refractivity contribution in [3.05, 3.63) is 58.1 Å². The molecule has 136 valence electrons. The fraction of sp³-hybridized carbons (Fsp3) is 0.400. The van der Waals surface area contributed by atoms with Crippen LogP contribution in [0.5, 0.6) is 0 Å². The molecular weight excluding hydrogens is 398 g/mol. The van der Waals surface area contributed by atoms with Crippen molar-refractivity contribution in [3.8, 4) is 0 Å². The minimum absolute atomic E-state index is 0.0332. The number of nitrogens with one attached hydrogen (secondary N) is 1. The molecule has 0 unspecified atom stereocenters. The van der Waals surface area contributed by atoms with Gasteiger partial charge in [0.05, 0.1) is 10.6 Å². The molecule has 0 saturated heterocycles. The van der Waals surface area contributed by atoms with E-state index in [0.717, 1.165) is 22.0 Å². The monoisotopic (exact) mass is 423 g/mol. The first-order chi connectivity index (χ1) is 11.6. The highest BCUT2D eigenvalue weighted by molar-refractivity contribution is 9.10. The Hall–Kier alpha value is -1.33. The maximum Gasteiger partial charge on any atom is 0.261 e. The molecule has 0 bridgehead atoms. The minimum Gasteiger partial charge on any atom is -0.278 e. The van der Waals surface area contributed by atoms with Gasteiger partial charge in [0.25, 0.3) is 10.0 Å². The van der Waals surface area contributed by atoms with Crippen LogP contribution in [0, 0.1) is 0 Å². The van der Waals surface area contributed by atoms with Crippen LogP contribution >= 0.6 is 15.9 Å². The van der Waals surface area contributed by atoms with E-state index in [4.69, 9.17) is 0 Å². The molecule has 0 aromatic heterocycles. The lowest BCUT2D eigenvalue weighted by Crippen LogP contribution is -2.17. The van der Waals surface area contributed by atoms with Crippen LogP contribution < -0.4 is 4.72 Å². The van der Waals surface area contributed by atoms with Crippen molar-refractivity contribution >= 4 is 31.6 Å². The average Bonchev–Trinajstić information content (AvgIpc) is 2.56. The third-order valence-electron chi connectivity index (χ3n) is 4.73. The molecule has 0 aliphatic heterocycles. The van der Waals surface area contributed by atoms with Crippen LogP contribution in [-0.2, 0) is 15.4 Å². The summed E-state index contributed by atoms with van der Waals surface area (Å²) in [6.07, 6.45) is 0.993. The minimum atomic E-state index is -3.62. The van der Waals surface area contributed by atoms with Gasteiger partial charge in [0.2, 0.25) is 0 Å². The zero-order chi connectivity index (χ0) is 18.8. The summed E-state index contributed by atoms with van der Waals surface area (Å²) in [7, 11) is -3.62. The van der Waals surface area contributed by atoms with Crippen LogP contribution in [-0.4, -0.2) is 8.42 Å². The van der Waals surface area contributed by atoms with Gasteiger partial charge < -0.3 is 0 Å². The number of rotatable bonds is 6. The Kier molecular flexibility index (Phi) is 6.00. The summed E-state index contributed by atoms with van der Waals surface area (Å²) in [5.41, 5.74) is 2.87. The van der Waals surface area contributed by atoms with Crippen LogP contribution in [0.3, 0.4) is 0 Å². The molecular formula is C20H26BrNO2S. The standard InChI is InChI=1S/C20H26BrNO2S/c1-6-20(4,5)16-8-10-17(11-9-16)25(23,24)22-19-12-7-15(14(2)3)13-18(19)21/h7-14,22H,6H2,1-5H3. The quantitative estimate of drug-likeness (QED) is 0.613. The van der Waals surface area contributed by atoms with Crippen LogP contribution in [0.15, 0.2) is 51.8 Å². The fourth-order valence-corrected chi connectivity index (χ4v) is 4.17. The van der Waals surface area contributed by atoms with Gasteiger partial charge in [0.15, 0.2) is 0 Å². The summed E-state index contributed by atoms with van der Waals surface area (Å²) < 4.78 is 28.8. The highest BCUT2D eigenvalue weighted by Gasteiger charge is 2.20. The lowest BCUT2D eigenvalue weighted by molar-refractivity contribution is 0.506. The van der Waals surface area contributed by atoms with Crippen molar-refractivity contribution in [2.24, 2.45) is 0 Å². The molecule has 0 fully saturated rings. The molecule has 2 aromatic carbocycles. The lowest BCUT2D eigenvalue weighted by atomic mass is 9.82. The Morgan fingerprint density at radius 3 is 2.16 bits per heavy atom. The molecule has 0 heterocycles. The van der Waals surface area contributed by atoms with Crippen LogP contribution in [0.1, 0.15) is 58.1 Å². The van der Waals surface area contributed by atoms with Crippen molar-refractivity contribution in [2.45, 2.75) is 57.3 Å². The molecule has 0 amide bonds. The van der Waals surface area contributed by atoms with E-state index in [1.807, 2.05) is 24.3 Å². The van der Waals surface area contributed by atoms with E-state index in [1.54, 1.807) is 18.2 Å².